The van der Waals surface area contributed by atoms with Crippen LogP contribution >= 0.6 is 28.6 Å². The number of esters is 1. The molecule has 0 spiro atoms. The lowest BCUT2D eigenvalue weighted by atomic mass is 10.0. The van der Waals surface area contributed by atoms with Crippen LogP contribution in [0, 0.1) is 11.3 Å². The number of hydrogen-bond acceptors (Lipinski definition) is 4. The Labute approximate surface area is 108 Å². The van der Waals surface area contributed by atoms with Gasteiger partial charge in [0.15, 0.2) is 0 Å². The number of nitrogens with zero attached hydrogens (tertiary/aromatic N) is 1. The molecule has 0 heterocycles. The van der Waals surface area contributed by atoms with E-state index in [1.165, 1.54) is 7.11 Å². The van der Waals surface area contributed by atoms with Gasteiger partial charge in [0.1, 0.15) is 0 Å². The number of hydrogen-bond donors (Lipinski definition) is 1. The molecule has 0 saturated heterocycles. The van der Waals surface area contributed by atoms with Crippen LogP contribution in [0.3, 0.4) is 0 Å². The largest absolute Gasteiger partial charge is 0.469 e. The first-order chi connectivity index (χ1) is 7.62. The highest BCUT2D eigenvalue weighted by Gasteiger charge is 2.10. The first-order valence-corrected chi connectivity index (χ1v) is 6.07. The first-order valence-electron chi connectivity index (χ1n) is 4.50. The molecule has 1 aromatic carbocycles. The van der Waals surface area contributed by atoms with Crippen LogP contribution in [0.4, 0.5) is 0 Å². The highest BCUT2D eigenvalue weighted by atomic mass is 79.9. The molecule has 0 aliphatic carbocycles. The number of benzene rings is 1. The summed E-state index contributed by atoms with van der Waals surface area (Å²) in [5.74, 6) is -0.330. The number of carbonyl (C=O) groups is 1. The van der Waals surface area contributed by atoms with Crippen molar-refractivity contribution in [3.05, 3.63) is 28.8 Å². The summed E-state index contributed by atoms with van der Waals surface area (Å²) in [6.07, 6.45) is 0.154. The van der Waals surface area contributed by atoms with Crippen LogP contribution in [0.1, 0.15) is 16.7 Å². The molecule has 0 N–H and O–H groups in total. The third-order valence-electron chi connectivity index (χ3n) is 2.12. The van der Waals surface area contributed by atoms with Crippen LogP contribution in [0.5, 0.6) is 0 Å². The van der Waals surface area contributed by atoms with Crippen LogP contribution in [0.2, 0.25) is 0 Å². The molecule has 1 aromatic rings. The van der Waals surface area contributed by atoms with Gasteiger partial charge in [-0.15, -0.1) is 12.6 Å². The third-order valence-corrected chi connectivity index (χ3v) is 3.08. The van der Waals surface area contributed by atoms with Crippen molar-refractivity contribution in [1.29, 1.82) is 5.26 Å². The van der Waals surface area contributed by atoms with Crippen molar-refractivity contribution in [3.8, 4) is 6.07 Å². The third kappa shape index (κ3) is 3.00. The molecule has 3 nitrogen and oxygen atoms in total. The van der Waals surface area contributed by atoms with Crippen molar-refractivity contribution in [2.45, 2.75) is 16.6 Å². The summed E-state index contributed by atoms with van der Waals surface area (Å²) >= 11 is 7.59. The van der Waals surface area contributed by atoms with E-state index in [0.717, 1.165) is 11.1 Å². The molecule has 1 rings (SSSR count). The van der Waals surface area contributed by atoms with Crippen molar-refractivity contribution in [2.75, 3.05) is 7.11 Å². The number of carbonyl (C=O) groups excluding carboxylic acids is 1. The van der Waals surface area contributed by atoms with Crippen molar-refractivity contribution >= 4 is 34.5 Å². The van der Waals surface area contributed by atoms with Gasteiger partial charge in [-0.25, -0.2) is 0 Å². The van der Waals surface area contributed by atoms with E-state index in [0.29, 0.717) is 15.8 Å². The van der Waals surface area contributed by atoms with Crippen LogP contribution in [-0.4, -0.2) is 13.1 Å². The first kappa shape index (κ1) is 13.1. The predicted octanol–water partition coefficient (Wildman–Crippen LogP) is 2.46. The van der Waals surface area contributed by atoms with Crippen molar-refractivity contribution in [3.63, 3.8) is 0 Å². The van der Waals surface area contributed by atoms with Gasteiger partial charge in [-0.05, 0) is 23.3 Å². The number of methoxy groups -OCH3 is 1. The lowest BCUT2D eigenvalue weighted by Crippen LogP contribution is -2.05. The number of alkyl halides is 1. The highest BCUT2D eigenvalue weighted by molar-refractivity contribution is 9.08. The fourth-order valence-corrected chi connectivity index (χ4v) is 2.48. The van der Waals surface area contributed by atoms with Crippen LogP contribution in [0.15, 0.2) is 17.0 Å². The van der Waals surface area contributed by atoms with Gasteiger partial charge in [0, 0.05) is 10.2 Å². The van der Waals surface area contributed by atoms with Gasteiger partial charge < -0.3 is 4.74 Å². The van der Waals surface area contributed by atoms with E-state index in [4.69, 9.17) is 5.26 Å². The Morgan fingerprint density at radius 2 is 2.31 bits per heavy atom. The average molecular weight is 300 g/mol. The molecule has 0 radical (unpaired) electrons. The molecule has 0 amide bonds. The standard InChI is InChI=1S/C11H10BrNO2S/c1-15-11(14)4-7-2-8(6-13)9(5-12)10(16)3-7/h2-3,16H,4-5H2,1H3. The molecule has 0 atom stereocenters. The summed E-state index contributed by atoms with van der Waals surface area (Å²) in [6.45, 7) is 0. The fraction of sp³-hybridized carbons (Fsp3) is 0.273. The Hall–Kier alpha value is -0.990. The van der Waals surface area contributed by atoms with Crippen molar-refractivity contribution in [1.82, 2.24) is 0 Å². The smallest absolute Gasteiger partial charge is 0.309 e. The molecule has 0 aromatic heterocycles. The highest BCUT2D eigenvalue weighted by Crippen LogP contribution is 2.23. The Morgan fingerprint density at radius 1 is 1.62 bits per heavy atom. The van der Waals surface area contributed by atoms with E-state index in [-0.39, 0.29) is 12.4 Å². The van der Waals surface area contributed by atoms with Gasteiger partial charge in [0.2, 0.25) is 0 Å². The van der Waals surface area contributed by atoms with Gasteiger partial charge in [-0.3, -0.25) is 4.79 Å². The van der Waals surface area contributed by atoms with E-state index >= 15 is 0 Å². The molecule has 84 valence electrons. The summed E-state index contributed by atoms with van der Waals surface area (Å²) in [5.41, 5.74) is 2.10. The molecule has 0 aliphatic heterocycles. The molecule has 0 fully saturated rings. The molecule has 0 saturated carbocycles. The number of rotatable bonds is 3. The van der Waals surface area contributed by atoms with Crippen LogP contribution in [0.25, 0.3) is 0 Å². The predicted molar refractivity (Wildman–Crippen MR) is 66.8 cm³/mol. The second kappa shape index (κ2) is 5.92. The average Bonchev–Trinajstić information content (AvgIpc) is 2.28. The molecule has 0 unspecified atom stereocenters. The lowest BCUT2D eigenvalue weighted by molar-refractivity contribution is -0.139. The van der Waals surface area contributed by atoms with E-state index in [1.807, 2.05) is 0 Å². The maximum atomic E-state index is 11.1. The quantitative estimate of drug-likeness (QED) is 0.530. The number of nitriles is 1. The molecule has 16 heavy (non-hydrogen) atoms. The minimum Gasteiger partial charge on any atom is -0.469 e. The van der Waals surface area contributed by atoms with E-state index in [2.05, 4.69) is 39.4 Å². The molecular formula is C11H10BrNO2S. The topological polar surface area (TPSA) is 50.1 Å². The van der Waals surface area contributed by atoms with Gasteiger partial charge in [-0.1, -0.05) is 15.9 Å². The van der Waals surface area contributed by atoms with Crippen LogP contribution in [-0.2, 0) is 21.3 Å². The molecular weight excluding hydrogens is 290 g/mol. The Kier molecular flexibility index (Phi) is 4.84. The number of thiol groups is 1. The SMILES string of the molecule is COC(=O)Cc1cc(S)c(CBr)c(C#N)c1. The number of ether oxygens (including phenoxy) is 1. The maximum Gasteiger partial charge on any atom is 0.309 e. The fourth-order valence-electron chi connectivity index (χ4n) is 1.30. The van der Waals surface area contributed by atoms with E-state index < -0.39 is 0 Å². The van der Waals surface area contributed by atoms with Crippen molar-refractivity contribution in [2.24, 2.45) is 0 Å². The summed E-state index contributed by atoms with van der Waals surface area (Å²) in [4.78, 5) is 11.8. The van der Waals surface area contributed by atoms with Gasteiger partial charge in [0.25, 0.3) is 0 Å². The summed E-state index contributed by atoms with van der Waals surface area (Å²) in [5, 5.41) is 9.53. The van der Waals surface area contributed by atoms with Gasteiger partial charge in [0.05, 0.1) is 25.2 Å². The van der Waals surface area contributed by atoms with Gasteiger partial charge in [-0.2, -0.15) is 5.26 Å². The second-order valence-corrected chi connectivity index (χ2v) is 4.18. The Bertz CT molecular complexity index is 454. The zero-order chi connectivity index (χ0) is 12.1. The Balaban J connectivity index is 3.12. The molecule has 0 bridgehead atoms. The normalized spacial score (nSPS) is 9.62. The maximum absolute atomic E-state index is 11.1. The molecule has 5 heteroatoms. The lowest BCUT2D eigenvalue weighted by Gasteiger charge is -2.07. The van der Waals surface area contributed by atoms with Gasteiger partial charge >= 0.3 is 5.97 Å². The number of halogens is 1. The minimum absolute atomic E-state index is 0.154. The van der Waals surface area contributed by atoms with E-state index in [1.54, 1.807) is 12.1 Å². The van der Waals surface area contributed by atoms with E-state index in [9.17, 15) is 4.79 Å². The summed E-state index contributed by atoms with van der Waals surface area (Å²) < 4.78 is 4.57. The second-order valence-electron chi connectivity index (χ2n) is 3.14. The Morgan fingerprint density at radius 3 is 2.81 bits per heavy atom. The minimum atomic E-state index is -0.330. The van der Waals surface area contributed by atoms with Crippen LogP contribution < -0.4 is 0 Å². The monoisotopic (exact) mass is 299 g/mol. The zero-order valence-electron chi connectivity index (χ0n) is 8.66. The summed E-state index contributed by atoms with van der Waals surface area (Å²) in [6, 6.07) is 5.55. The summed E-state index contributed by atoms with van der Waals surface area (Å²) in [7, 11) is 1.34. The van der Waals surface area contributed by atoms with Crippen molar-refractivity contribution < 1.29 is 9.53 Å². The molecule has 0 aliphatic rings. The zero-order valence-corrected chi connectivity index (χ0v) is 11.1.